The Morgan fingerprint density at radius 1 is 1.06 bits per heavy atom. The standard InChI is InChI=1S/C26H23N3O6S/c1-3-33-23-14-17(12-13-22(23)34-25(31)18-8-4-6-10-20(18)32-2)15-27-29-24(30)16-36-26-28-19-9-5-7-11-21(19)35-26/h4-15H,3,16H2,1-2H3,(H,29,30). The molecule has 9 nitrogen and oxygen atoms in total. The molecule has 0 atom stereocenters. The molecule has 0 saturated heterocycles. The zero-order chi connectivity index (χ0) is 25.3. The first-order valence-corrected chi connectivity index (χ1v) is 12.0. The molecule has 0 spiro atoms. The number of nitrogens with zero attached hydrogens (tertiary/aromatic N) is 2. The van der Waals surface area contributed by atoms with Crippen LogP contribution in [0.25, 0.3) is 11.1 Å². The zero-order valence-electron chi connectivity index (χ0n) is 19.6. The Bertz CT molecular complexity index is 1370. The molecule has 3 aromatic carbocycles. The zero-order valence-corrected chi connectivity index (χ0v) is 20.4. The fraction of sp³-hybridized carbons (Fsp3) is 0.154. The lowest BCUT2D eigenvalue weighted by atomic mass is 10.2. The summed E-state index contributed by atoms with van der Waals surface area (Å²) in [5.41, 5.74) is 4.81. The number of amides is 1. The molecule has 0 aliphatic rings. The van der Waals surface area contributed by atoms with Gasteiger partial charge in [0.15, 0.2) is 17.1 Å². The number of oxazole rings is 1. The summed E-state index contributed by atoms with van der Waals surface area (Å²) in [7, 11) is 1.49. The van der Waals surface area contributed by atoms with E-state index in [1.54, 1.807) is 42.5 Å². The van der Waals surface area contributed by atoms with Gasteiger partial charge in [-0.05, 0) is 55.0 Å². The highest BCUT2D eigenvalue weighted by Crippen LogP contribution is 2.30. The fourth-order valence-electron chi connectivity index (χ4n) is 3.18. The summed E-state index contributed by atoms with van der Waals surface area (Å²) < 4.78 is 22.0. The molecule has 0 saturated carbocycles. The van der Waals surface area contributed by atoms with E-state index in [4.69, 9.17) is 18.6 Å². The molecule has 4 rings (SSSR count). The van der Waals surface area contributed by atoms with Crippen molar-refractivity contribution in [2.75, 3.05) is 19.5 Å². The average molecular weight is 506 g/mol. The van der Waals surface area contributed by atoms with Gasteiger partial charge in [-0.1, -0.05) is 36.0 Å². The van der Waals surface area contributed by atoms with Crippen LogP contribution in [0.1, 0.15) is 22.8 Å². The molecular weight excluding hydrogens is 482 g/mol. The first kappa shape index (κ1) is 24.8. The van der Waals surface area contributed by atoms with Crippen LogP contribution in [-0.2, 0) is 4.79 Å². The molecule has 36 heavy (non-hydrogen) atoms. The van der Waals surface area contributed by atoms with Crippen molar-refractivity contribution in [1.82, 2.24) is 10.4 Å². The van der Waals surface area contributed by atoms with Gasteiger partial charge < -0.3 is 18.6 Å². The van der Waals surface area contributed by atoms with Crippen molar-refractivity contribution in [2.24, 2.45) is 5.10 Å². The summed E-state index contributed by atoms with van der Waals surface area (Å²) in [5.74, 6) is 0.233. The summed E-state index contributed by atoms with van der Waals surface area (Å²) in [6, 6.07) is 19.1. The number of nitrogens with one attached hydrogen (secondary N) is 1. The molecule has 184 valence electrons. The quantitative estimate of drug-likeness (QED) is 0.109. The van der Waals surface area contributed by atoms with E-state index in [2.05, 4.69) is 15.5 Å². The number of hydrogen-bond donors (Lipinski definition) is 1. The molecule has 0 unspecified atom stereocenters. The SMILES string of the molecule is CCOc1cc(C=NNC(=O)CSc2nc3ccccc3o2)ccc1OC(=O)c1ccccc1OC. The van der Waals surface area contributed by atoms with Gasteiger partial charge in [-0.15, -0.1) is 0 Å². The maximum atomic E-state index is 12.7. The number of aromatic nitrogens is 1. The highest BCUT2D eigenvalue weighted by molar-refractivity contribution is 7.99. The number of fused-ring (bicyclic) bond motifs is 1. The number of carbonyl (C=O) groups excluding carboxylic acids is 2. The Morgan fingerprint density at radius 2 is 1.86 bits per heavy atom. The second-order valence-electron chi connectivity index (χ2n) is 7.26. The smallest absolute Gasteiger partial charge is 0.347 e. The van der Waals surface area contributed by atoms with Crippen LogP contribution in [0, 0.1) is 0 Å². The Morgan fingerprint density at radius 3 is 2.67 bits per heavy atom. The Balaban J connectivity index is 1.36. The summed E-state index contributed by atoms with van der Waals surface area (Å²) >= 11 is 1.18. The van der Waals surface area contributed by atoms with Crippen LogP contribution < -0.4 is 19.6 Å². The third kappa shape index (κ3) is 6.22. The van der Waals surface area contributed by atoms with Crippen molar-refractivity contribution in [3.8, 4) is 17.2 Å². The van der Waals surface area contributed by atoms with Crippen molar-refractivity contribution < 1.29 is 28.2 Å². The molecule has 0 fully saturated rings. The Labute approximate surface area is 211 Å². The minimum absolute atomic E-state index is 0.0895. The normalized spacial score (nSPS) is 10.9. The van der Waals surface area contributed by atoms with Crippen molar-refractivity contribution in [3.05, 3.63) is 77.9 Å². The molecule has 10 heteroatoms. The first-order chi connectivity index (χ1) is 17.6. The second-order valence-corrected chi connectivity index (χ2v) is 8.18. The number of thioether (sulfide) groups is 1. The van der Waals surface area contributed by atoms with Gasteiger partial charge in [-0.25, -0.2) is 15.2 Å². The lowest BCUT2D eigenvalue weighted by Gasteiger charge is -2.12. The minimum Gasteiger partial charge on any atom is -0.496 e. The lowest BCUT2D eigenvalue weighted by Crippen LogP contribution is -2.19. The largest absolute Gasteiger partial charge is 0.496 e. The predicted octanol–water partition coefficient (Wildman–Crippen LogP) is 4.70. The molecule has 1 aromatic heterocycles. The van der Waals surface area contributed by atoms with Gasteiger partial charge in [-0.3, -0.25) is 4.79 Å². The molecule has 0 aliphatic carbocycles. The van der Waals surface area contributed by atoms with Crippen molar-refractivity contribution in [1.29, 1.82) is 0 Å². The van der Waals surface area contributed by atoms with Gasteiger partial charge in [0.2, 0.25) is 0 Å². The van der Waals surface area contributed by atoms with Crippen LogP contribution >= 0.6 is 11.8 Å². The molecule has 1 N–H and O–H groups in total. The molecule has 0 bridgehead atoms. The van der Waals surface area contributed by atoms with E-state index in [-0.39, 0.29) is 17.4 Å². The van der Waals surface area contributed by atoms with Crippen molar-refractivity contribution >= 4 is 41.0 Å². The number of hydrogen-bond acceptors (Lipinski definition) is 9. The summed E-state index contributed by atoms with van der Waals surface area (Å²) in [6.07, 6.45) is 1.47. The van der Waals surface area contributed by atoms with E-state index in [1.165, 1.54) is 25.1 Å². The van der Waals surface area contributed by atoms with E-state index < -0.39 is 5.97 Å². The Hall–Kier alpha value is -4.31. The maximum absolute atomic E-state index is 12.7. The third-order valence-electron chi connectivity index (χ3n) is 4.80. The summed E-state index contributed by atoms with van der Waals surface area (Å²) in [4.78, 5) is 29.1. The highest BCUT2D eigenvalue weighted by Gasteiger charge is 2.17. The van der Waals surface area contributed by atoms with Crippen LogP contribution in [0.15, 0.2) is 81.5 Å². The average Bonchev–Trinajstić information content (AvgIpc) is 3.32. The van der Waals surface area contributed by atoms with Crippen LogP contribution in [-0.4, -0.2) is 42.5 Å². The van der Waals surface area contributed by atoms with E-state index in [1.807, 2.05) is 31.2 Å². The number of carbonyl (C=O) groups is 2. The Kier molecular flexibility index (Phi) is 8.20. The monoisotopic (exact) mass is 505 g/mol. The second kappa shape index (κ2) is 11.9. The molecule has 1 amide bonds. The van der Waals surface area contributed by atoms with E-state index >= 15 is 0 Å². The number of benzene rings is 3. The van der Waals surface area contributed by atoms with Gasteiger partial charge in [0.1, 0.15) is 16.8 Å². The number of ether oxygens (including phenoxy) is 3. The van der Waals surface area contributed by atoms with Crippen molar-refractivity contribution in [2.45, 2.75) is 12.1 Å². The van der Waals surface area contributed by atoms with Gasteiger partial charge >= 0.3 is 5.97 Å². The van der Waals surface area contributed by atoms with Crippen molar-refractivity contribution in [3.63, 3.8) is 0 Å². The van der Waals surface area contributed by atoms with E-state index in [9.17, 15) is 9.59 Å². The van der Waals surface area contributed by atoms with Crippen LogP contribution in [0.3, 0.4) is 0 Å². The molecule has 4 aromatic rings. The minimum atomic E-state index is -0.571. The number of rotatable bonds is 10. The number of para-hydroxylation sites is 3. The third-order valence-corrected chi connectivity index (χ3v) is 5.63. The molecule has 0 radical (unpaired) electrons. The number of hydrazone groups is 1. The molecule has 1 heterocycles. The van der Waals surface area contributed by atoms with E-state index in [0.717, 1.165) is 5.52 Å². The van der Waals surface area contributed by atoms with Crippen LogP contribution in [0.2, 0.25) is 0 Å². The molecular formula is C26H23N3O6S. The maximum Gasteiger partial charge on any atom is 0.347 e. The summed E-state index contributed by atoms with van der Waals surface area (Å²) in [6.45, 7) is 2.19. The first-order valence-electron chi connectivity index (χ1n) is 11.0. The lowest BCUT2D eigenvalue weighted by molar-refractivity contribution is -0.118. The molecule has 0 aliphatic heterocycles. The van der Waals surface area contributed by atoms with Gasteiger partial charge in [-0.2, -0.15) is 5.10 Å². The number of esters is 1. The number of methoxy groups -OCH3 is 1. The van der Waals surface area contributed by atoms with Crippen LogP contribution in [0.4, 0.5) is 0 Å². The van der Waals surface area contributed by atoms with Crippen LogP contribution in [0.5, 0.6) is 17.2 Å². The van der Waals surface area contributed by atoms with Gasteiger partial charge in [0, 0.05) is 0 Å². The highest BCUT2D eigenvalue weighted by atomic mass is 32.2. The predicted molar refractivity (Wildman–Crippen MR) is 136 cm³/mol. The van der Waals surface area contributed by atoms with Gasteiger partial charge in [0.25, 0.3) is 11.1 Å². The fourth-order valence-corrected chi connectivity index (χ4v) is 3.81. The summed E-state index contributed by atoms with van der Waals surface area (Å²) in [5, 5.41) is 4.40. The van der Waals surface area contributed by atoms with Gasteiger partial charge in [0.05, 0.1) is 25.7 Å². The van der Waals surface area contributed by atoms with E-state index in [0.29, 0.717) is 40.0 Å². The topological polar surface area (TPSA) is 112 Å².